The van der Waals surface area contributed by atoms with Crippen LogP contribution in [0, 0.1) is 5.82 Å². The lowest BCUT2D eigenvalue weighted by Gasteiger charge is -2.34. The van der Waals surface area contributed by atoms with Crippen LogP contribution in [0.15, 0.2) is 22.7 Å². The Morgan fingerprint density at radius 3 is 2.48 bits per heavy atom. The highest BCUT2D eigenvalue weighted by atomic mass is 19.1. The number of hydrogen-bond acceptors (Lipinski definition) is 5. The zero-order chi connectivity index (χ0) is 15.8. The minimum absolute atomic E-state index is 0.136. The lowest BCUT2D eigenvalue weighted by atomic mass is 9.75. The third-order valence-electron chi connectivity index (χ3n) is 3.98. The highest BCUT2D eigenvalue weighted by Crippen LogP contribution is 2.33. The standard InChI is InChI=1S/C15H20FN3O2/c1-14(2,15(3,4)17)13-18-12(19-21-13)9-6-7-10(16)11(8-9)20-5/h6-8H,17H2,1-5H3. The molecular weight excluding hydrogens is 273 g/mol. The second-order valence-corrected chi connectivity index (χ2v) is 6.12. The van der Waals surface area contributed by atoms with Gasteiger partial charge in [0.15, 0.2) is 11.6 Å². The van der Waals surface area contributed by atoms with Crippen molar-refractivity contribution in [2.75, 3.05) is 7.11 Å². The van der Waals surface area contributed by atoms with Crippen LogP contribution >= 0.6 is 0 Å². The Balaban J connectivity index is 2.41. The van der Waals surface area contributed by atoms with Crippen LogP contribution < -0.4 is 10.5 Å². The van der Waals surface area contributed by atoms with Crippen molar-refractivity contribution in [2.45, 2.75) is 38.6 Å². The fraction of sp³-hybridized carbons (Fsp3) is 0.467. The van der Waals surface area contributed by atoms with Gasteiger partial charge >= 0.3 is 0 Å². The summed E-state index contributed by atoms with van der Waals surface area (Å²) in [5.41, 5.74) is 5.75. The topological polar surface area (TPSA) is 74.2 Å². The summed E-state index contributed by atoms with van der Waals surface area (Å²) in [6, 6.07) is 4.42. The van der Waals surface area contributed by atoms with E-state index in [0.29, 0.717) is 17.3 Å². The number of hydrogen-bond donors (Lipinski definition) is 1. The number of methoxy groups -OCH3 is 1. The Labute approximate surface area is 123 Å². The van der Waals surface area contributed by atoms with Crippen LogP contribution in [0.5, 0.6) is 5.75 Å². The average Bonchev–Trinajstić information content (AvgIpc) is 2.88. The summed E-state index contributed by atoms with van der Waals surface area (Å²) < 4.78 is 23.7. The van der Waals surface area contributed by atoms with Gasteiger partial charge in [-0.2, -0.15) is 4.98 Å². The van der Waals surface area contributed by atoms with E-state index in [1.54, 1.807) is 6.07 Å². The summed E-state index contributed by atoms with van der Waals surface area (Å²) in [6.45, 7) is 7.68. The van der Waals surface area contributed by atoms with Gasteiger partial charge < -0.3 is 15.0 Å². The van der Waals surface area contributed by atoms with Gasteiger partial charge in [0.25, 0.3) is 0 Å². The maximum atomic E-state index is 13.4. The Morgan fingerprint density at radius 1 is 1.24 bits per heavy atom. The molecule has 0 fully saturated rings. The van der Waals surface area contributed by atoms with E-state index in [4.69, 9.17) is 15.0 Å². The number of aromatic nitrogens is 2. The highest BCUT2D eigenvalue weighted by molar-refractivity contribution is 5.57. The lowest BCUT2D eigenvalue weighted by molar-refractivity contribution is 0.223. The molecule has 0 aliphatic heterocycles. The molecule has 2 N–H and O–H groups in total. The molecule has 6 heteroatoms. The molecule has 1 aromatic carbocycles. The molecule has 0 saturated carbocycles. The molecule has 0 bridgehead atoms. The second-order valence-electron chi connectivity index (χ2n) is 6.12. The first-order chi connectivity index (χ1) is 9.66. The van der Waals surface area contributed by atoms with Crippen LogP contribution in [0.1, 0.15) is 33.6 Å². The SMILES string of the molecule is COc1cc(-c2noc(C(C)(C)C(C)(C)N)n2)ccc1F. The number of rotatable bonds is 4. The van der Waals surface area contributed by atoms with Crippen LogP contribution in [0.25, 0.3) is 11.4 Å². The maximum Gasteiger partial charge on any atom is 0.234 e. The molecule has 0 atom stereocenters. The summed E-state index contributed by atoms with van der Waals surface area (Å²) in [7, 11) is 1.41. The molecule has 2 rings (SSSR count). The van der Waals surface area contributed by atoms with Crippen molar-refractivity contribution in [1.29, 1.82) is 0 Å². The Hall–Kier alpha value is -1.95. The average molecular weight is 293 g/mol. The number of nitrogens with zero attached hydrogens (tertiary/aromatic N) is 2. The quantitative estimate of drug-likeness (QED) is 0.938. The van der Waals surface area contributed by atoms with Crippen molar-refractivity contribution in [1.82, 2.24) is 10.1 Å². The molecule has 1 heterocycles. The third kappa shape index (κ3) is 2.76. The van der Waals surface area contributed by atoms with Crippen LogP contribution in [0.2, 0.25) is 0 Å². The fourth-order valence-electron chi connectivity index (χ4n) is 1.67. The lowest BCUT2D eigenvalue weighted by Crippen LogP contribution is -2.50. The number of halogens is 1. The molecule has 114 valence electrons. The van der Waals surface area contributed by atoms with Crippen molar-refractivity contribution in [3.8, 4) is 17.1 Å². The Kier molecular flexibility index (Phi) is 3.76. The normalized spacial score (nSPS) is 12.5. The molecule has 0 aliphatic carbocycles. The van der Waals surface area contributed by atoms with Crippen LogP contribution in [-0.2, 0) is 5.41 Å². The van der Waals surface area contributed by atoms with Crippen LogP contribution in [-0.4, -0.2) is 22.8 Å². The minimum atomic E-state index is -0.530. The molecule has 0 aliphatic rings. The van der Waals surface area contributed by atoms with Crippen molar-refractivity contribution in [2.24, 2.45) is 5.73 Å². The summed E-state index contributed by atoms with van der Waals surface area (Å²) >= 11 is 0. The second kappa shape index (κ2) is 5.11. The van der Waals surface area contributed by atoms with E-state index >= 15 is 0 Å². The van der Waals surface area contributed by atoms with Crippen molar-refractivity contribution in [3.63, 3.8) is 0 Å². The number of nitrogens with two attached hydrogens (primary N) is 1. The van der Waals surface area contributed by atoms with Crippen molar-refractivity contribution in [3.05, 3.63) is 29.9 Å². The molecule has 1 aromatic heterocycles. The van der Waals surface area contributed by atoms with Gasteiger partial charge in [-0.3, -0.25) is 0 Å². The van der Waals surface area contributed by atoms with Gasteiger partial charge in [0.2, 0.25) is 11.7 Å². The van der Waals surface area contributed by atoms with Gasteiger partial charge in [0.1, 0.15) is 0 Å². The first-order valence-corrected chi connectivity index (χ1v) is 6.64. The zero-order valence-corrected chi connectivity index (χ0v) is 12.9. The predicted octanol–water partition coefficient (Wildman–Crippen LogP) is 2.90. The first kappa shape index (κ1) is 15.4. The minimum Gasteiger partial charge on any atom is -0.494 e. The molecule has 5 nitrogen and oxygen atoms in total. The van der Waals surface area contributed by atoms with E-state index in [1.165, 1.54) is 19.2 Å². The Bertz CT molecular complexity index is 645. The zero-order valence-electron chi connectivity index (χ0n) is 12.9. The summed E-state index contributed by atoms with van der Waals surface area (Å²) in [6.07, 6.45) is 0. The summed E-state index contributed by atoms with van der Waals surface area (Å²) in [5, 5.41) is 3.95. The molecule has 0 amide bonds. The fourth-order valence-corrected chi connectivity index (χ4v) is 1.67. The van der Waals surface area contributed by atoms with Gasteiger partial charge in [0.05, 0.1) is 12.5 Å². The maximum absolute atomic E-state index is 13.4. The third-order valence-corrected chi connectivity index (χ3v) is 3.98. The van der Waals surface area contributed by atoms with Gasteiger partial charge in [-0.05, 0) is 45.9 Å². The highest BCUT2D eigenvalue weighted by Gasteiger charge is 2.40. The van der Waals surface area contributed by atoms with E-state index in [9.17, 15) is 4.39 Å². The first-order valence-electron chi connectivity index (χ1n) is 6.64. The van der Waals surface area contributed by atoms with Crippen LogP contribution in [0.3, 0.4) is 0 Å². The van der Waals surface area contributed by atoms with Crippen LogP contribution in [0.4, 0.5) is 4.39 Å². The molecule has 21 heavy (non-hydrogen) atoms. The summed E-state index contributed by atoms with van der Waals surface area (Å²) in [4.78, 5) is 4.39. The monoisotopic (exact) mass is 293 g/mol. The van der Waals surface area contributed by atoms with Gasteiger partial charge in [-0.1, -0.05) is 5.16 Å². The van der Waals surface area contributed by atoms with Gasteiger partial charge in [-0.25, -0.2) is 4.39 Å². The van der Waals surface area contributed by atoms with E-state index < -0.39 is 16.8 Å². The number of benzene rings is 1. The molecule has 0 radical (unpaired) electrons. The molecule has 2 aromatic rings. The van der Waals surface area contributed by atoms with E-state index in [-0.39, 0.29) is 5.75 Å². The smallest absolute Gasteiger partial charge is 0.234 e. The molecule has 0 spiro atoms. The van der Waals surface area contributed by atoms with E-state index in [2.05, 4.69) is 10.1 Å². The molecule has 0 unspecified atom stereocenters. The van der Waals surface area contributed by atoms with E-state index in [1.807, 2.05) is 27.7 Å². The predicted molar refractivity (Wildman–Crippen MR) is 77.5 cm³/mol. The van der Waals surface area contributed by atoms with E-state index in [0.717, 1.165) is 0 Å². The van der Waals surface area contributed by atoms with Gasteiger partial charge in [0, 0.05) is 11.1 Å². The van der Waals surface area contributed by atoms with Crippen molar-refractivity contribution < 1.29 is 13.7 Å². The molecule has 0 saturated heterocycles. The van der Waals surface area contributed by atoms with Gasteiger partial charge in [-0.15, -0.1) is 0 Å². The number of ether oxygens (including phenoxy) is 1. The largest absolute Gasteiger partial charge is 0.494 e. The molecular formula is C15H20FN3O2. The summed E-state index contributed by atoms with van der Waals surface area (Å²) in [5.74, 6) is 0.513. The Morgan fingerprint density at radius 2 is 1.90 bits per heavy atom. The van der Waals surface area contributed by atoms with Crippen molar-refractivity contribution >= 4 is 0 Å².